The minimum atomic E-state index is -2.89. The molecule has 0 radical (unpaired) electrons. The number of aromatic nitrogens is 4. The Hall–Kier alpha value is -6.99. The zero-order valence-electron chi connectivity index (χ0n) is 37.4. The van der Waals surface area contributed by atoms with Crippen molar-refractivity contribution in [1.29, 1.82) is 0 Å². The third kappa shape index (κ3) is 10.7. The number of ketones is 1. The van der Waals surface area contributed by atoms with E-state index < -0.39 is 88.4 Å². The van der Waals surface area contributed by atoms with Crippen molar-refractivity contribution in [3.63, 3.8) is 0 Å². The van der Waals surface area contributed by atoms with Crippen molar-refractivity contribution >= 4 is 52.4 Å². The molecule has 0 atom stereocenters. The average Bonchev–Trinajstić information content (AvgIpc) is 3.89. The Balaban J connectivity index is 1.62. The largest absolute Gasteiger partial charge is 0.485 e. The van der Waals surface area contributed by atoms with Crippen molar-refractivity contribution in [3.8, 4) is 23.1 Å². The first-order valence-corrected chi connectivity index (χ1v) is 20.3. The molecule has 0 unspecified atom stereocenters. The number of alkyl halides is 2. The Bertz CT molecular complexity index is 2650. The number of amides is 3. The van der Waals surface area contributed by atoms with Crippen LogP contribution in [0.25, 0.3) is 16.6 Å². The number of fused-ring (bicyclic) bond motifs is 1. The molecule has 0 spiro atoms. The summed E-state index contributed by atoms with van der Waals surface area (Å²) in [4.78, 5) is 77.0. The molecule has 0 aliphatic carbocycles. The van der Waals surface area contributed by atoms with Gasteiger partial charge in [-0.3, -0.25) is 9.59 Å². The van der Waals surface area contributed by atoms with Gasteiger partial charge in [0.2, 0.25) is 23.3 Å². The second kappa shape index (κ2) is 17.9. The van der Waals surface area contributed by atoms with E-state index in [1.165, 1.54) is 77.6 Å². The van der Waals surface area contributed by atoms with Crippen LogP contribution in [0.4, 0.5) is 43.5 Å². The fourth-order valence-electron chi connectivity index (χ4n) is 6.66. The lowest BCUT2D eigenvalue weighted by Crippen LogP contribution is -2.45. The van der Waals surface area contributed by atoms with Crippen molar-refractivity contribution < 1.29 is 65.2 Å². The van der Waals surface area contributed by atoms with Crippen LogP contribution >= 0.6 is 0 Å². The number of anilines is 2. The summed E-state index contributed by atoms with van der Waals surface area (Å²) in [6.45, 7) is 14.7. The minimum absolute atomic E-state index is 0.00806. The number of para-hydroxylation sites is 1. The number of carbonyl (C=O) groups is 5. The summed E-state index contributed by atoms with van der Waals surface area (Å²) >= 11 is 0. The van der Waals surface area contributed by atoms with E-state index in [9.17, 15) is 36.7 Å². The van der Waals surface area contributed by atoms with Gasteiger partial charge < -0.3 is 28.6 Å². The predicted octanol–water partition coefficient (Wildman–Crippen LogP) is 10.1. The number of hydrogen-bond acceptors (Lipinski definition) is 12. The van der Waals surface area contributed by atoms with Gasteiger partial charge in [0.05, 0.1) is 34.8 Å². The number of imide groups is 1. The van der Waals surface area contributed by atoms with E-state index in [1.807, 2.05) is 0 Å². The highest BCUT2D eigenvalue weighted by Crippen LogP contribution is 2.39. The van der Waals surface area contributed by atoms with Gasteiger partial charge in [-0.15, -0.1) is 0 Å². The number of pyridine rings is 1. The minimum Gasteiger partial charge on any atom is -0.485 e. The van der Waals surface area contributed by atoms with E-state index in [1.54, 1.807) is 20.8 Å². The van der Waals surface area contributed by atoms with Crippen molar-refractivity contribution in [1.82, 2.24) is 19.3 Å². The maximum absolute atomic E-state index is 15.3. The van der Waals surface area contributed by atoms with Crippen LogP contribution in [0.3, 0.4) is 0 Å². The van der Waals surface area contributed by atoms with Gasteiger partial charge in [0, 0.05) is 24.4 Å². The van der Waals surface area contributed by atoms with Crippen molar-refractivity contribution in [2.45, 2.75) is 105 Å². The Morgan fingerprint density at radius 1 is 0.831 bits per heavy atom. The number of ether oxygens (including phenoxy) is 5. The van der Waals surface area contributed by atoms with E-state index in [4.69, 9.17) is 23.7 Å². The van der Waals surface area contributed by atoms with Crippen molar-refractivity contribution in [3.05, 3.63) is 83.3 Å². The molecule has 1 aliphatic rings. The van der Waals surface area contributed by atoms with Gasteiger partial charge in [0.1, 0.15) is 34.9 Å². The second-order valence-corrected chi connectivity index (χ2v) is 18.0. The van der Waals surface area contributed by atoms with E-state index in [0.29, 0.717) is 11.3 Å². The summed E-state index contributed by atoms with van der Waals surface area (Å²) in [5.41, 5.74) is -4.12. The molecule has 4 heterocycles. The second-order valence-electron chi connectivity index (χ2n) is 18.0. The molecule has 20 heteroatoms. The quantitative estimate of drug-likeness (QED) is 0.0738. The van der Waals surface area contributed by atoms with Gasteiger partial charge in [0.15, 0.2) is 17.5 Å². The fraction of sp³-hybridized carbons (Fsp3) is 0.400. The van der Waals surface area contributed by atoms with Gasteiger partial charge in [0.25, 0.3) is 6.43 Å². The topological polar surface area (TPSA) is 174 Å². The molecule has 1 fully saturated rings. The van der Waals surface area contributed by atoms with E-state index in [2.05, 4.69) is 10.1 Å². The lowest BCUT2D eigenvalue weighted by Gasteiger charge is -2.29. The lowest BCUT2D eigenvalue weighted by atomic mass is 10.1. The van der Waals surface area contributed by atoms with E-state index in [-0.39, 0.29) is 58.3 Å². The smallest absolute Gasteiger partial charge is 0.425 e. The third-order valence-electron chi connectivity index (χ3n) is 9.18. The Morgan fingerprint density at radius 3 is 1.98 bits per heavy atom. The highest BCUT2D eigenvalue weighted by atomic mass is 19.3. The molecule has 65 heavy (non-hydrogen) atoms. The molecule has 6 rings (SSSR count). The number of rotatable bonds is 10. The summed E-state index contributed by atoms with van der Waals surface area (Å²) in [7, 11) is 0. The average molecular weight is 909 g/mol. The molecule has 1 aliphatic heterocycles. The van der Waals surface area contributed by atoms with E-state index >= 15 is 4.79 Å². The molecular weight excluding hydrogens is 861 g/mol. The first-order valence-electron chi connectivity index (χ1n) is 20.3. The highest BCUT2D eigenvalue weighted by Gasteiger charge is 2.40. The number of halogens is 4. The number of hydrogen-bond donors (Lipinski definition) is 0. The van der Waals surface area contributed by atoms with Crippen LogP contribution in [0.2, 0.25) is 0 Å². The van der Waals surface area contributed by atoms with E-state index in [0.717, 1.165) is 39.8 Å². The Labute approximate surface area is 370 Å². The molecule has 346 valence electrons. The Morgan fingerprint density at radius 2 is 1.45 bits per heavy atom. The maximum Gasteiger partial charge on any atom is 0.425 e. The van der Waals surface area contributed by atoms with Gasteiger partial charge >= 0.3 is 18.3 Å². The summed E-state index contributed by atoms with van der Waals surface area (Å²) < 4.78 is 86.0. The molecule has 2 aromatic carbocycles. The molecule has 3 amide bonds. The number of nitrogens with zero attached hydrogens (tertiary/aromatic N) is 6. The monoisotopic (exact) mass is 908 g/mol. The zero-order valence-corrected chi connectivity index (χ0v) is 37.4. The molecule has 16 nitrogen and oxygen atoms in total. The summed E-state index contributed by atoms with van der Waals surface area (Å²) in [5, 5.41) is 4.53. The molecule has 5 aromatic rings. The molecule has 1 saturated heterocycles. The van der Waals surface area contributed by atoms with Crippen LogP contribution in [-0.4, -0.2) is 85.7 Å². The van der Waals surface area contributed by atoms with Crippen LogP contribution in [0, 0.1) is 18.6 Å². The molecule has 0 bridgehead atoms. The van der Waals surface area contributed by atoms with Gasteiger partial charge in [-0.05, 0) is 112 Å². The Kier molecular flexibility index (Phi) is 13.1. The number of aryl methyl sites for hydroxylation is 1. The first kappa shape index (κ1) is 47.5. The van der Waals surface area contributed by atoms with Gasteiger partial charge in [-0.25, -0.2) is 46.2 Å². The number of carbonyl (C=O) groups excluding carboxylic acids is 5. The summed E-state index contributed by atoms with van der Waals surface area (Å²) in [6.07, 6.45) is -3.79. The standard InChI is InChI=1S/C45H48F4N6O10/c1-24-17-35(62-38-27(46)13-11-14-28(38)47)50-22-32(24)55-39(54(41(59)64-44(5,6)7)42(60)65-45(8,9)10)26(21-51-55)37(57)31-18-25-19-33(61-23-34(48)49)30(52-16-12-15-36(52)56)20-29(25)53(31)40(58)63-43(2,3)4/h11,13-14,17-22,34H,12,15-16,23H2,1-10H3. The molecule has 0 saturated carbocycles. The summed E-state index contributed by atoms with van der Waals surface area (Å²) in [5.74, 6) is -5.03. The van der Waals surface area contributed by atoms with Gasteiger partial charge in [-0.2, -0.15) is 10.00 Å². The zero-order chi connectivity index (χ0) is 47.9. The maximum atomic E-state index is 15.3. The molecular formula is C45H48F4N6O10. The van der Waals surface area contributed by atoms with Crippen molar-refractivity contribution in [2.24, 2.45) is 0 Å². The summed E-state index contributed by atoms with van der Waals surface area (Å²) in [6, 6.07) is 8.33. The predicted molar refractivity (Wildman–Crippen MR) is 228 cm³/mol. The van der Waals surface area contributed by atoms with Crippen LogP contribution in [0.5, 0.6) is 17.4 Å². The van der Waals surface area contributed by atoms with Crippen LogP contribution in [-0.2, 0) is 19.0 Å². The van der Waals surface area contributed by atoms with Crippen LogP contribution in [0.15, 0.2) is 54.9 Å². The van der Waals surface area contributed by atoms with Crippen molar-refractivity contribution in [2.75, 3.05) is 23.0 Å². The van der Waals surface area contributed by atoms with Crippen LogP contribution < -0.4 is 19.3 Å². The SMILES string of the molecule is Cc1cc(Oc2c(F)cccc2F)ncc1-n1ncc(C(=O)c2cc3cc(OCC(F)F)c(N4CCCC4=O)cc3n2C(=O)OC(C)(C)C)c1N(C(=O)OC(C)(C)C)C(=O)OC(C)(C)C. The lowest BCUT2D eigenvalue weighted by molar-refractivity contribution is -0.117. The fourth-order valence-corrected chi connectivity index (χ4v) is 6.66. The normalized spacial score (nSPS) is 13.3. The first-order chi connectivity index (χ1) is 30.2. The third-order valence-corrected chi connectivity index (χ3v) is 9.18. The highest BCUT2D eigenvalue weighted by molar-refractivity contribution is 6.20. The van der Waals surface area contributed by atoms with Crippen LogP contribution in [0.1, 0.15) is 96.8 Å². The molecule has 3 aromatic heterocycles. The van der Waals surface area contributed by atoms with Gasteiger partial charge in [-0.1, -0.05) is 6.07 Å². The number of benzene rings is 2. The molecule has 0 N–H and O–H groups in total.